The van der Waals surface area contributed by atoms with Crippen molar-refractivity contribution < 1.29 is 9.76 Å². The van der Waals surface area contributed by atoms with Crippen LogP contribution >= 0.6 is 11.3 Å². The molecular weight excluding hydrogens is 483 g/mol. The molecule has 0 aliphatic carbocycles. The molecule has 0 fully saturated rings. The van der Waals surface area contributed by atoms with Crippen molar-refractivity contribution in [3.63, 3.8) is 0 Å². The zero-order valence-corrected chi connectivity index (χ0v) is 23.1. The summed E-state index contributed by atoms with van der Waals surface area (Å²) in [4.78, 5) is 0. The number of thiophene rings is 1. The van der Waals surface area contributed by atoms with E-state index in [9.17, 15) is 5.11 Å². The van der Waals surface area contributed by atoms with Crippen LogP contribution in [0.4, 0.5) is 0 Å². The lowest BCUT2D eigenvalue weighted by molar-refractivity contribution is -0.0893. The third kappa shape index (κ3) is 4.33. The standard InChI is InChI=1S/C34H31BO2S/c1-33(2,36)34(3,4)37-35-29-20-19-25(24-13-8-9-14-26(24)29)27-15-10-16-30-32(27)28-18-17-23(21-31(28)38-30)22-11-6-5-7-12-22/h5-21,35-36H,1-4H3. The van der Waals surface area contributed by atoms with Crippen LogP contribution in [-0.4, -0.2) is 23.8 Å². The first-order chi connectivity index (χ1) is 18.2. The van der Waals surface area contributed by atoms with Crippen LogP contribution in [0, 0.1) is 0 Å². The maximum atomic E-state index is 10.6. The molecule has 0 amide bonds. The molecule has 0 radical (unpaired) electrons. The molecular formula is C34H31BO2S. The summed E-state index contributed by atoms with van der Waals surface area (Å²) in [7, 11) is 0.436. The zero-order valence-electron chi connectivity index (χ0n) is 22.3. The van der Waals surface area contributed by atoms with Gasteiger partial charge in [0.15, 0.2) is 0 Å². The van der Waals surface area contributed by atoms with Crippen LogP contribution in [0.25, 0.3) is 53.2 Å². The molecule has 5 aromatic carbocycles. The third-order valence-corrected chi connectivity index (χ3v) is 9.09. The van der Waals surface area contributed by atoms with E-state index in [1.807, 2.05) is 25.2 Å². The molecule has 0 bridgehead atoms. The molecule has 0 saturated heterocycles. The van der Waals surface area contributed by atoms with Crippen LogP contribution < -0.4 is 5.46 Å². The van der Waals surface area contributed by atoms with Gasteiger partial charge in [-0.2, -0.15) is 0 Å². The number of rotatable bonds is 6. The van der Waals surface area contributed by atoms with Gasteiger partial charge in [0.1, 0.15) is 0 Å². The van der Waals surface area contributed by atoms with Crippen LogP contribution in [-0.2, 0) is 4.65 Å². The summed E-state index contributed by atoms with van der Waals surface area (Å²) in [5.74, 6) is 0. The molecule has 38 heavy (non-hydrogen) atoms. The Morgan fingerprint density at radius 3 is 2.13 bits per heavy atom. The Balaban J connectivity index is 1.47. The molecule has 188 valence electrons. The molecule has 2 nitrogen and oxygen atoms in total. The first-order valence-electron chi connectivity index (χ1n) is 13.1. The van der Waals surface area contributed by atoms with Crippen molar-refractivity contribution in [2.24, 2.45) is 0 Å². The fraction of sp³-hybridized carbons (Fsp3) is 0.176. The molecule has 0 saturated carbocycles. The minimum atomic E-state index is -0.946. The molecule has 0 aliphatic rings. The second-order valence-electron chi connectivity index (χ2n) is 11.0. The number of benzene rings is 5. The monoisotopic (exact) mass is 514 g/mol. The fourth-order valence-corrected chi connectivity index (χ4v) is 6.19. The zero-order chi connectivity index (χ0) is 26.5. The Morgan fingerprint density at radius 1 is 0.632 bits per heavy atom. The van der Waals surface area contributed by atoms with Gasteiger partial charge >= 0.3 is 7.48 Å². The van der Waals surface area contributed by atoms with Gasteiger partial charge < -0.3 is 9.76 Å². The van der Waals surface area contributed by atoms with Crippen LogP contribution in [0.5, 0.6) is 0 Å². The first-order valence-corrected chi connectivity index (χ1v) is 13.9. The molecule has 1 heterocycles. The van der Waals surface area contributed by atoms with Crippen LogP contribution in [0.3, 0.4) is 0 Å². The normalized spacial score (nSPS) is 12.4. The van der Waals surface area contributed by atoms with E-state index < -0.39 is 11.2 Å². The smallest absolute Gasteiger partial charge is 0.310 e. The van der Waals surface area contributed by atoms with E-state index in [2.05, 4.69) is 103 Å². The van der Waals surface area contributed by atoms with Crippen molar-refractivity contribution >= 4 is 55.2 Å². The Labute approximate surface area is 228 Å². The van der Waals surface area contributed by atoms with E-state index in [0.29, 0.717) is 7.48 Å². The summed E-state index contributed by atoms with van der Waals surface area (Å²) in [6.07, 6.45) is 0. The third-order valence-electron chi connectivity index (χ3n) is 7.97. The molecule has 0 unspecified atom stereocenters. The lowest BCUT2D eigenvalue weighted by Crippen LogP contribution is -2.49. The molecule has 0 aliphatic heterocycles. The minimum Gasteiger partial charge on any atom is -0.427 e. The van der Waals surface area contributed by atoms with Gasteiger partial charge in [-0.05, 0) is 78.3 Å². The summed E-state index contributed by atoms with van der Waals surface area (Å²) < 4.78 is 8.85. The van der Waals surface area contributed by atoms with Crippen molar-refractivity contribution in [3.8, 4) is 22.3 Å². The molecule has 1 N–H and O–H groups in total. The van der Waals surface area contributed by atoms with E-state index in [-0.39, 0.29) is 0 Å². The highest BCUT2D eigenvalue weighted by molar-refractivity contribution is 7.26. The summed E-state index contributed by atoms with van der Waals surface area (Å²) in [6.45, 7) is 7.47. The summed E-state index contributed by atoms with van der Waals surface area (Å²) in [5, 5.41) is 15.5. The van der Waals surface area contributed by atoms with Gasteiger partial charge in [0.05, 0.1) is 11.2 Å². The Bertz CT molecular complexity index is 1780. The lowest BCUT2D eigenvalue weighted by Gasteiger charge is -2.37. The predicted molar refractivity (Wildman–Crippen MR) is 166 cm³/mol. The minimum absolute atomic E-state index is 0.436. The van der Waals surface area contributed by atoms with Crippen molar-refractivity contribution in [2.75, 3.05) is 0 Å². The maximum absolute atomic E-state index is 10.6. The molecule has 6 rings (SSSR count). The average molecular weight is 514 g/mol. The second kappa shape index (κ2) is 9.39. The molecule has 4 heteroatoms. The van der Waals surface area contributed by atoms with E-state index in [1.54, 1.807) is 13.8 Å². The average Bonchev–Trinajstić information content (AvgIpc) is 3.30. The number of fused-ring (bicyclic) bond motifs is 4. The Kier molecular flexibility index (Phi) is 6.15. The molecule has 0 atom stereocenters. The van der Waals surface area contributed by atoms with Gasteiger partial charge in [-0.1, -0.05) is 91.0 Å². The lowest BCUT2D eigenvalue weighted by atomic mass is 9.79. The van der Waals surface area contributed by atoms with E-state index in [4.69, 9.17) is 4.65 Å². The van der Waals surface area contributed by atoms with Crippen LogP contribution in [0.15, 0.2) is 103 Å². The van der Waals surface area contributed by atoms with E-state index in [0.717, 1.165) is 5.46 Å². The highest BCUT2D eigenvalue weighted by Crippen LogP contribution is 2.42. The van der Waals surface area contributed by atoms with Gasteiger partial charge in [0.2, 0.25) is 0 Å². The Hall–Kier alpha value is -3.44. The summed E-state index contributed by atoms with van der Waals surface area (Å²) >= 11 is 1.86. The largest absolute Gasteiger partial charge is 0.427 e. The van der Waals surface area contributed by atoms with Crippen LogP contribution in [0.2, 0.25) is 0 Å². The SMILES string of the molecule is CC(C)(O)C(C)(C)OBc1ccc(-c2cccc3sc4cc(-c5ccccc5)ccc4c23)c2ccccc12. The number of aliphatic hydroxyl groups is 1. The summed E-state index contributed by atoms with van der Waals surface area (Å²) in [5.41, 5.74) is 4.46. The number of hydrogen-bond acceptors (Lipinski definition) is 3. The topological polar surface area (TPSA) is 29.5 Å². The fourth-order valence-electron chi connectivity index (χ4n) is 5.02. The predicted octanol–water partition coefficient (Wildman–Crippen LogP) is 8.08. The first kappa shape index (κ1) is 24.9. The van der Waals surface area contributed by atoms with Crippen LogP contribution in [0.1, 0.15) is 27.7 Å². The van der Waals surface area contributed by atoms with E-state index in [1.165, 1.54) is 53.2 Å². The highest BCUT2D eigenvalue weighted by Gasteiger charge is 2.35. The molecule has 0 spiro atoms. The van der Waals surface area contributed by atoms with Gasteiger partial charge in [-0.15, -0.1) is 11.3 Å². The van der Waals surface area contributed by atoms with Gasteiger partial charge in [0, 0.05) is 20.2 Å². The quantitative estimate of drug-likeness (QED) is 0.228. The van der Waals surface area contributed by atoms with Crippen molar-refractivity contribution in [1.82, 2.24) is 0 Å². The van der Waals surface area contributed by atoms with Crippen molar-refractivity contribution in [1.29, 1.82) is 0 Å². The molecule has 6 aromatic rings. The van der Waals surface area contributed by atoms with Crippen molar-refractivity contribution in [3.05, 3.63) is 103 Å². The maximum Gasteiger partial charge on any atom is 0.310 e. The molecule has 1 aromatic heterocycles. The highest BCUT2D eigenvalue weighted by atomic mass is 32.1. The second-order valence-corrected chi connectivity index (χ2v) is 12.1. The van der Waals surface area contributed by atoms with Gasteiger partial charge in [0.25, 0.3) is 0 Å². The summed E-state index contributed by atoms with van der Waals surface area (Å²) in [6, 6.07) is 37.0. The Morgan fingerprint density at radius 2 is 1.37 bits per heavy atom. The number of hydrogen-bond donors (Lipinski definition) is 1. The van der Waals surface area contributed by atoms with Gasteiger partial charge in [-0.3, -0.25) is 0 Å². The van der Waals surface area contributed by atoms with Crippen molar-refractivity contribution in [2.45, 2.75) is 38.9 Å². The van der Waals surface area contributed by atoms with Gasteiger partial charge in [-0.25, -0.2) is 0 Å². The van der Waals surface area contributed by atoms with E-state index >= 15 is 0 Å².